The first-order valence-electron chi connectivity index (χ1n) is 24.4. The van der Waals surface area contributed by atoms with Crippen LogP contribution < -0.4 is 18.9 Å². The van der Waals surface area contributed by atoms with Gasteiger partial charge in [-0.2, -0.15) is 0 Å². The summed E-state index contributed by atoms with van der Waals surface area (Å²) in [5, 5.41) is 0. The minimum Gasteiger partial charge on any atom is -0.465 e. The molecule has 2 aromatic carbocycles. The molecule has 16 heteroatoms. The number of unbranched alkanes of at least 4 members (excludes halogenated alkanes) is 1. The van der Waals surface area contributed by atoms with Crippen LogP contribution >= 0.6 is 0 Å². The number of carbonyl (C=O) groups excluding carboxylic acids is 8. The maximum absolute atomic E-state index is 13.5. The molecule has 3 fully saturated rings. The molecule has 0 amide bonds. The lowest BCUT2D eigenvalue weighted by atomic mass is 9.82. The van der Waals surface area contributed by atoms with E-state index in [0.29, 0.717) is 146 Å². The molecule has 3 aliphatic carbocycles. The van der Waals surface area contributed by atoms with Crippen LogP contribution in [0.5, 0.6) is 23.0 Å². The van der Waals surface area contributed by atoms with Gasteiger partial charge in [-0.05, 0) is 177 Å². The van der Waals surface area contributed by atoms with E-state index in [1.54, 1.807) is 46.8 Å². The van der Waals surface area contributed by atoms with Crippen molar-refractivity contribution in [1.29, 1.82) is 0 Å². The molecule has 2 aromatic rings. The first-order valence-corrected chi connectivity index (χ1v) is 24.4. The summed E-state index contributed by atoms with van der Waals surface area (Å²) < 4.78 is 44.1. The van der Waals surface area contributed by atoms with Gasteiger partial charge in [0.1, 0.15) is 36.2 Å². The number of benzene rings is 2. The molecular weight excluding hydrogens is 905 g/mol. The molecule has 0 radical (unpaired) electrons. The molecule has 3 saturated carbocycles. The zero-order chi connectivity index (χ0) is 51.1. The summed E-state index contributed by atoms with van der Waals surface area (Å²) in [6.07, 6.45) is 8.82. The topological polar surface area (TPSA) is 210 Å². The lowest BCUT2D eigenvalue weighted by molar-refractivity contribution is -0.155. The van der Waals surface area contributed by atoms with Crippen molar-refractivity contribution < 1.29 is 76.3 Å². The van der Waals surface area contributed by atoms with E-state index in [4.69, 9.17) is 37.9 Å². The van der Waals surface area contributed by atoms with Crippen LogP contribution in [0.4, 0.5) is 0 Å². The summed E-state index contributed by atoms with van der Waals surface area (Å²) in [5.74, 6) is -4.02. The number of carbonyl (C=O) groups is 8. The van der Waals surface area contributed by atoms with Crippen molar-refractivity contribution in [3.8, 4) is 23.0 Å². The van der Waals surface area contributed by atoms with Crippen molar-refractivity contribution in [3.63, 3.8) is 0 Å². The minimum atomic E-state index is -0.594. The van der Waals surface area contributed by atoms with Crippen molar-refractivity contribution in [3.05, 3.63) is 70.8 Å². The number of esters is 8. The van der Waals surface area contributed by atoms with Crippen molar-refractivity contribution in [1.82, 2.24) is 0 Å². The highest BCUT2D eigenvalue weighted by Gasteiger charge is 2.36. The quantitative estimate of drug-likeness (QED) is 0.0400. The lowest BCUT2D eigenvalue weighted by Crippen LogP contribution is -2.31. The fourth-order valence-corrected chi connectivity index (χ4v) is 9.20. The molecule has 0 N–H and O–H groups in total. The number of rotatable bonds is 20. The van der Waals surface area contributed by atoms with Gasteiger partial charge in [-0.25, -0.2) is 9.59 Å². The zero-order valence-electron chi connectivity index (χ0n) is 41.4. The highest BCUT2D eigenvalue weighted by molar-refractivity contribution is 5.82. The van der Waals surface area contributed by atoms with Gasteiger partial charge >= 0.3 is 47.8 Å². The van der Waals surface area contributed by atoms with E-state index < -0.39 is 47.6 Å². The van der Waals surface area contributed by atoms with Crippen molar-refractivity contribution in [2.24, 2.45) is 35.5 Å². The normalized spacial score (nSPS) is 20.9. The molecule has 3 aliphatic rings. The summed E-state index contributed by atoms with van der Waals surface area (Å²) in [6.45, 7) is 17.8. The Morgan fingerprint density at radius 1 is 0.400 bits per heavy atom. The van der Waals surface area contributed by atoms with Crippen LogP contribution in [-0.2, 0) is 57.3 Å². The largest absolute Gasteiger partial charge is 0.465 e. The molecule has 0 aliphatic heterocycles. The minimum absolute atomic E-state index is 0.0546. The smallest absolute Gasteiger partial charge is 0.330 e. The summed E-state index contributed by atoms with van der Waals surface area (Å²) in [5.41, 5.74) is 3.93. The molecule has 0 aromatic heterocycles. The second kappa shape index (κ2) is 26.0. The number of aryl methyl sites for hydroxylation is 2. The fourth-order valence-electron chi connectivity index (χ4n) is 9.20. The Bertz CT molecular complexity index is 2290. The third kappa shape index (κ3) is 14.8. The Balaban J connectivity index is 1.04. The van der Waals surface area contributed by atoms with E-state index in [1.165, 1.54) is 0 Å². The van der Waals surface area contributed by atoms with Crippen LogP contribution in [0.25, 0.3) is 0 Å². The lowest BCUT2D eigenvalue weighted by Gasteiger charge is -2.27. The van der Waals surface area contributed by atoms with Gasteiger partial charge in [0.2, 0.25) is 0 Å². The van der Waals surface area contributed by atoms with Crippen LogP contribution in [0.1, 0.15) is 123 Å². The van der Waals surface area contributed by atoms with E-state index in [0.717, 1.165) is 12.2 Å². The molecule has 70 heavy (non-hydrogen) atoms. The number of hydrogen-bond acceptors (Lipinski definition) is 16. The summed E-state index contributed by atoms with van der Waals surface area (Å²) in [7, 11) is 0. The van der Waals surface area contributed by atoms with E-state index in [9.17, 15) is 38.4 Å². The Labute approximate surface area is 410 Å². The highest BCUT2D eigenvalue weighted by atomic mass is 16.6. The van der Waals surface area contributed by atoms with E-state index in [1.807, 2.05) is 6.92 Å². The first-order chi connectivity index (χ1) is 33.4. The molecule has 0 saturated heterocycles. The highest BCUT2D eigenvalue weighted by Crippen LogP contribution is 2.40. The predicted molar refractivity (Wildman–Crippen MR) is 254 cm³/mol. The Kier molecular flexibility index (Phi) is 20.3. The van der Waals surface area contributed by atoms with Crippen molar-refractivity contribution in [2.45, 2.75) is 131 Å². The average molecular weight is 973 g/mol. The van der Waals surface area contributed by atoms with Crippen molar-refractivity contribution >= 4 is 47.8 Å². The molecule has 0 atom stereocenters. The fraction of sp³-hybridized carbons (Fsp3) is 0.556. The summed E-state index contributed by atoms with van der Waals surface area (Å²) in [4.78, 5) is 101. The Hall–Kier alpha value is -6.32. The standard InChI is InChI=1S/C54H68O16/c1-9-45(55)63-25-11-12-26-65-49(57)37-13-17-41(18-14-37)53(61)69-47-31(3)29-43(33(5)35(47)7)67-51(59)39-21-23-40(24-22-39)52(60)68-44-30-32(4)48(36(8)34(44)6)70-54(62)42-19-15-38(16-20-42)50(58)66-28-27-64-46(56)10-2/h9-10,29-30,37-42H,1-2,11-28H2,3-8H3. The molecule has 0 heterocycles. The second-order valence-corrected chi connectivity index (χ2v) is 18.7. The first kappa shape index (κ1) is 54.6. The maximum atomic E-state index is 13.5. The molecule has 16 nitrogen and oxygen atoms in total. The Morgan fingerprint density at radius 2 is 0.671 bits per heavy atom. The van der Waals surface area contributed by atoms with Crippen LogP contribution in [0.15, 0.2) is 37.4 Å². The van der Waals surface area contributed by atoms with E-state index in [2.05, 4.69) is 13.2 Å². The second-order valence-electron chi connectivity index (χ2n) is 18.7. The van der Waals surface area contributed by atoms with Gasteiger partial charge in [0.05, 0.1) is 48.7 Å². The van der Waals surface area contributed by atoms with Crippen LogP contribution in [0.2, 0.25) is 0 Å². The summed E-state index contributed by atoms with van der Waals surface area (Å²) >= 11 is 0. The molecular formula is C54H68O16. The molecule has 380 valence electrons. The molecule has 5 rings (SSSR count). The van der Waals surface area contributed by atoms with Gasteiger partial charge in [0.15, 0.2) is 0 Å². The maximum Gasteiger partial charge on any atom is 0.330 e. The zero-order valence-corrected chi connectivity index (χ0v) is 41.4. The van der Waals surface area contributed by atoms with E-state index >= 15 is 0 Å². The summed E-state index contributed by atoms with van der Waals surface area (Å²) in [6, 6.07) is 3.39. The van der Waals surface area contributed by atoms with E-state index in [-0.39, 0.29) is 62.1 Å². The third-order valence-corrected chi connectivity index (χ3v) is 13.9. The van der Waals surface area contributed by atoms with Gasteiger partial charge in [-0.15, -0.1) is 0 Å². The molecule has 0 bridgehead atoms. The van der Waals surface area contributed by atoms with Gasteiger partial charge in [-0.1, -0.05) is 13.2 Å². The third-order valence-electron chi connectivity index (χ3n) is 13.9. The van der Waals surface area contributed by atoms with Crippen LogP contribution in [-0.4, -0.2) is 74.2 Å². The number of ether oxygens (including phenoxy) is 8. The van der Waals surface area contributed by atoms with Crippen molar-refractivity contribution in [2.75, 3.05) is 26.4 Å². The van der Waals surface area contributed by atoms with Gasteiger partial charge in [-0.3, -0.25) is 28.8 Å². The Morgan fingerprint density at radius 3 is 1.01 bits per heavy atom. The van der Waals surface area contributed by atoms with Gasteiger partial charge < -0.3 is 37.9 Å². The monoisotopic (exact) mass is 972 g/mol. The predicted octanol–water partition coefficient (Wildman–Crippen LogP) is 8.60. The van der Waals surface area contributed by atoms with Crippen LogP contribution in [0, 0.1) is 77.0 Å². The average Bonchev–Trinajstić information content (AvgIpc) is 3.36. The van der Waals surface area contributed by atoms with Crippen LogP contribution in [0.3, 0.4) is 0 Å². The SMILES string of the molecule is C=CC(=O)OCCCCOC(=O)C1CCC(C(=O)Oc2c(C)cc(OC(=O)C3CCC(C(=O)Oc4cc(C)c(OC(=O)C5CCC(C(=O)OCCOC(=O)C=C)CC5)c(C)c4C)CC3)c(C)c2C)CC1. The molecule has 0 spiro atoms. The number of hydrogen-bond donors (Lipinski definition) is 0. The van der Waals surface area contributed by atoms with Gasteiger partial charge in [0.25, 0.3) is 0 Å². The van der Waals surface area contributed by atoms with Gasteiger partial charge in [0, 0.05) is 12.2 Å². The molecule has 0 unspecified atom stereocenters.